The Hall–Kier alpha value is -3.88. The van der Waals surface area contributed by atoms with Crippen molar-refractivity contribution in [3.05, 3.63) is 71.4 Å². The average Bonchev–Trinajstić information content (AvgIpc) is 3.12. The highest BCUT2D eigenvalue weighted by Gasteiger charge is 2.07. The van der Waals surface area contributed by atoms with Crippen molar-refractivity contribution in [2.45, 2.75) is 6.54 Å². The van der Waals surface area contributed by atoms with E-state index in [2.05, 4.69) is 25.7 Å². The van der Waals surface area contributed by atoms with Crippen molar-refractivity contribution in [3.63, 3.8) is 0 Å². The molecule has 4 rings (SSSR count). The van der Waals surface area contributed by atoms with Crippen molar-refractivity contribution in [2.24, 2.45) is 0 Å². The fraction of sp³-hybridized carbons (Fsp3) is 0.0588. The minimum absolute atomic E-state index is 0.146. The molecule has 0 saturated carbocycles. The zero-order chi connectivity index (χ0) is 17.9. The topological polar surface area (TPSA) is 107 Å². The highest BCUT2D eigenvalue weighted by Crippen LogP contribution is 2.19. The van der Waals surface area contributed by atoms with Crippen LogP contribution in [0.5, 0.6) is 0 Å². The van der Waals surface area contributed by atoms with Crippen LogP contribution in [0, 0.1) is 0 Å². The second kappa shape index (κ2) is 6.55. The summed E-state index contributed by atoms with van der Waals surface area (Å²) in [5.41, 5.74) is 2.61. The van der Waals surface area contributed by atoms with Crippen LogP contribution >= 0.6 is 0 Å². The lowest BCUT2D eigenvalue weighted by molar-refractivity contribution is -0.117. The number of rotatable bonds is 4. The summed E-state index contributed by atoms with van der Waals surface area (Å²) >= 11 is 0. The van der Waals surface area contributed by atoms with Crippen molar-refractivity contribution in [1.29, 1.82) is 0 Å². The molecule has 1 amide bonds. The van der Waals surface area contributed by atoms with Crippen LogP contribution in [0.15, 0.2) is 65.8 Å². The van der Waals surface area contributed by atoms with E-state index in [0.717, 1.165) is 15.9 Å². The molecule has 9 nitrogen and oxygen atoms in total. The maximum Gasteiger partial charge on any atom is 0.267 e. The molecule has 0 spiro atoms. The highest BCUT2D eigenvalue weighted by molar-refractivity contribution is 5.90. The van der Waals surface area contributed by atoms with Gasteiger partial charge >= 0.3 is 0 Å². The maximum atomic E-state index is 12.1. The van der Waals surface area contributed by atoms with E-state index in [1.807, 2.05) is 24.3 Å². The first kappa shape index (κ1) is 15.6. The van der Waals surface area contributed by atoms with E-state index in [9.17, 15) is 9.59 Å². The van der Waals surface area contributed by atoms with Crippen molar-refractivity contribution in [3.8, 4) is 11.3 Å². The van der Waals surface area contributed by atoms with Crippen molar-refractivity contribution >= 4 is 17.2 Å². The third-order valence-corrected chi connectivity index (χ3v) is 3.70. The fourth-order valence-electron chi connectivity index (χ4n) is 2.45. The van der Waals surface area contributed by atoms with Crippen molar-refractivity contribution in [1.82, 2.24) is 29.6 Å². The van der Waals surface area contributed by atoms with Crippen molar-refractivity contribution in [2.75, 3.05) is 5.32 Å². The number of aromatic nitrogens is 6. The number of hydrogen-bond donors (Lipinski definition) is 1. The number of anilines is 1. The van der Waals surface area contributed by atoms with Crippen LogP contribution in [-0.4, -0.2) is 35.5 Å². The van der Waals surface area contributed by atoms with Gasteiger partial charge in [0, 0.05) is 23.5 Å². The van der Waals surface area contributed by atoms with E-state index in [-0.39, 0.29) is 18.0 Å². The molecule has 3 aromatic heterocycles. The second-order valence-corrected chi connectivity index (χ2v) is 5.50. The number of amides is 1. The summed E-state index contributed by atoms with van der Waals surface area (Å²) in [6, 6.07) is 13.8. The molecule has 0 unspecified atom stereocenters. The molecule has 1 N–H and O–H groups in total. The molecule has 0 aliphatic heterocycles. The Labute approximate surface area is 146 Å². The normalized spacial score (nSPS) is 10.8. The summed E-state index contributed by atoms with van der Waals surface area (Å²) in [4.78, 5) is 23.7. The minimum Gasteiger partial charge on any atom is -0.324 e. The zero-order valence-electron chi connectivity index (χ0n) is 13.5. The lowest BCUT2D eigenvalue weighted by atomic mass is 10.1. The van der Waals surface area contributed by atoms with Crippen molar-refractivity contribution < 1.29 is 4.79 Å². The number of carbonyl (C=O) groups excluding carboxylic acids is 1. The van der Waals surface area contributed by atoms with Crippen LogP contribution in [0.4, 0.5) is 5.69 Å². The standard InChI is InChI=1S/C17H13N7O2/c25-16(10-23-17(26)2-1-9-19-23)20-13-5-3-12(4-6-13)14-7-8-15-21-18-11-24(15)22-14/h1-9,11H,10H2,(H,20,25). The molecule has 9 heteroatoms. The van der Waals surface area contributed by atoms with Crippen LogP contribution in [0.1, 0.15) is 0 Å². The molecular formula is C17H13N7O2. The van der Waals surface area contributed by atoms with Gasteiger partial charge in [0.15, 0.2) is 5.65 Å². The minimum atomic E-state index is -0.331. The van der Waals surface area contributed by atoms with E-state index < -0.39 is 0 Å². The quantitative estimate of drug-likeness (QED) is 0.590. The molecule has 128 valence electrons. The molecule has 1 aromatic carbocycles. The summed E-state index contributed by atoms with van der Waals surface area (Å²) in [6.45, 7) is -0.146. The Morgan fingerprint density at radius 1 is 1.08 bits per heavy atom. The van der Waals surface area contributed by atoms with Crippen LogP contribution < -0.4 is 10.9 Å². The molecule has 0 fully saturated rings. The Morgan fingerprint density at radius 2 is 1.92 bits per heavy atom. The van der Waals surface area contributed by atoms with E-state index in [1.54, 1.807) is 16.6 Å². The predicted molar refractivity (Wildman–Crippen MR) is 93.3 cm³/mol. The summed E-state index contributed by atoms with van der Waals surface area (Å²) in [5, 5.41) is 18.7. The van der Waals surface area contributed by atoms with Gasteiger partial charge in [-0.25, -0.2) is 4.68 Å². The molecule has 0 aliphatic carbocycles. The number of hydrogen-bond acceptors (Lipinski definition) is 6. The Kier molecular flexibility index (Phi) is 3.94. The predicted octanol–water partition coefficient (Wildman–Crippen LogP) is 0.987. The highest BCUT2D eigenvalue weighted by atomic mass is 16.2. The molecule has 0 atom stereocenters. The average molecular weight is 347 g/mol. The lowest BCUT2D eigenvalue weighted by Crippen LogP contribution is -2.28. The third-order valence-electron chi connectivity index (χ3n) is 3.70. The molecule has 0 radical (unpaired) electrons. The van der Waals surface area contributed by atoms with Gasteiger partial charge < -0.3 is 5.32 Å². The van der Waals surface area contributed by atoms with Gasteiger partial charge in [-0.15, -0.1) is 10.2 Å². The summed E-state index contributed by atoms with van der Waals surface area (Å²) in [7, 11) is 0. The SMILES string of the molecule is O=C(Cn1ncccc1=O)Nc1ccc(-c2ccc3nncn3n2)cc1. The molecule has 0 aliphatic rings. The van der Waals surface area contributed by atoms with E-state index >= 15 is 0 Å². The molecular weight excluding hydrogens is 334 g/mol. The molecule has 3 heterocycles. The third kappa shape index (κ3) is 3.18. The molecule has 4 aromatic rings. The van der Waals surface area contributed by atoms with Crippen LogP contribution in [0.3, 0.4) is 0 Å². The van der Waals surface area contributed by atoms with Crippen LogP contribution in [0.2, 0.25) is 0 Å². The van der Waals surface area contributed by atoms with E-state index in [0.29, 0.717) is 11.3 Å². The first-order valence-corrected chi connectivity index (χ1v) is 7.78. The fourth-order valence-corrected chi connectivity index (χ4v) is 2.45. The summed E-state index contributed by atoms with van der Waals surface area (Å²) in [6.07, 6.45) is 3.00. The van der Waals surface area contributed by atoms with Gasteiger partial charge in [-0.3, -0.25) is 9.59 Å². The second-order valence-electron chi connectivity index (χ2n) is 5.50. The lowest BCUT2D eigenvalue weighted by Gasteiger charge is -2.07. The number of nitrogens with one attached hydrogen (secondary N) is 1. The number of fused-ring (bicyclic) bond motifs is 1. The van der Waals surface area contributed by atoms with Gasteiger partial charge in [-0.2, -0.15) is 14.7 Å². The van der Waals surface area contributed by atoms with Gasteiger partial charge in [-0.1, -0.05) is 12.1 Å². The number of carbonyl (C=O) groups is 1. The summed E-state index contributed by atoms with van der Waals surface area (Å²) < 4.78 is 2.69. The van der Waals surface area contributed by atoms with E-state index in [4.69, 9.17) is 0 Å². The van der Waals surface area contributed by atoms with Crippen LogP contribution in [-0.2, 0) is 11.3 Å². The molecule has 0 saturated heterocycles. The largest absolute Gasteiger partial charge is 0.324 e. The smallest absolute Gasteiger partial charge is 0.267 e. The van der Waals surface area contributed by atoms with Gasteiger partial charge in [0.05, 0.1) is 5.69 Å². The first-order valence-electron chi connectivity index (χ1n) is 7.78. The van der Waals surface area contributed by atoms with Gasteiger partial charge in [0.25, 0.3) is 5.56 Å². The monoisotopic (exact) mass is 347 g/mol. The molecule has 26 heavy (non-hydrogen) atoms. The number of benzene rings is 1. The Morgan fingerprint density at radius 3 is 2.73 bits per heavy atom. The zero-order valence-corrected chi connectivity index (χ0v) is 13.5. The number of nitrogens with zero attached hydrogens (tertiary/aromatic N) is 6. The van der Waals surface area contributed by atoms with Gasteiger partial charge in [-0.05, 0) is 30.3 Å². The van der Waals surface area contributed by atoms with Gasteiger partial charge in [0.2, 0.25) is 5.91 Å². The Bertz CT molecular complexity index is 1130. The van der Waals surface area contributed by atoms with Gasteiger partial charge in [0.1, 0.15) is 12.9 Å². The molecule has 0 bridgehead atoms. The Balaban J connectivity index is 1.48. The summed E-state index contributed by atoms with van der Waals surface area (Å²) in [5.74, 6) is -0.331. The van der Waals surface area contributed by atoms with Crippen LogP contribution in [0.25, 0.3) is 16.9 Å². The maximum absolute atomic E-state index is 12.1. The first-order chi connectivity index (χ1) is 12.7. The van der Waals surface area contributed by atoms with E-state index in [1.165, 1.54) is 24.7 Å².